The van der Waals surface area contributed by atoms with Crippen LogP contribution in [-0.2, 0) is 14.6 Å². The van der Waals surface area contributed by atoms with E-state index in [1.165, 1.54) is 30.3 Å². The van der Waals surface area contributed by atoms with Crippen molar-refractivity contribution in [1.82, 2.24) is 5.32 Å². The van der Waals surface area contributed by atoms with Crippen LogP contribution >= 0.6 is 23.2 Å². The quantitative estimate of drug-likeness (QED) is 0.337. The van der Waals surface area contributed by atoms with Crippen LogP contribution < -0.4 is 10.1 Å². The largest absolute Gasteiger partial charge is 0.486 e. The van der Waals surface area contributed by atoms with Crippen molar-refractivity contribution in [2.45, 2.75) is 28.7 Å². The van der Waals surface area contributed by atoms with E-state index in [4.69, 9.17) is 33.0 Å². The van der Waals surface area contributed by atoms with Gasteiger partial charge in [-0.25, -0.2) is 8.42 Å². The topological polar surface area (TPSA) is 92.7 Å². The second-order valence-corrected chi connectivity index (χ2v) is 10.0. The van der Waals surface area contributed by atoms with Crippen LogP contribution in [0.25, 0.3) is 0 Å². The maximum atomic E-state index is 13.0. The molecule has 2 N–H and O–H groups in total. The first-order chi connectivity index (χ1) is 15.8. The van der Waals surface area contributed by atoms with Gasteiger partial charge in [-0.1, -0.05) is 53.5 Å². The number of ether oxygens (including phenoxy) is 1. The molecule has 0 aliphatic carbocycles. The van der Waals surface area contributed by atoms with Crippen LogP contribution in [0.4, 0.5) is 0 Å². The van der Waals surface area contributed by atoms with Crippen LogP contribution in [0.5, 0.6) is 5.75 Å². The summed E-state index contributed by atoms with van der Waals surface area (Å²) in [6.45, 7) is 0.447. The lowest BCUT2D eigenvalue weighted by Crippen LogP contribution is -2.24. The number of benzene rings is 3. The molecule has 0 aromatic heterocycles. The fourth-order valence-electron chi connectivity index (χ4n) is 3.25. The van der Waals surface area contributed by atoms with E-state index in [2.05, 4.69) is 5.32 Å². The van der Waals surface area contributed by atoms with E-state index >= 15 is 0 Å². The van der Waals surface area contributed by atoms with Gasteiger partial charge in [0.15, 0.2) is 0 Å². The van der Waals surface area contributed by atoms with Crippen molar-refractivity contribution in [2.75, 3.05) is 13.1 Å². The lowest BCUT2D eigenvalue weighted by atomic mass is 10.0. The van der Waals surface area contributed by atoms with Gasteiger partial charge in [0, 0.05) is 5.02 Å². The van der Waals surface area contributed by atoms with Crippen molar-refractivity contribution >= 4 is 39.0 Å². The molecule has 1 atom stereocenters. The monoisotopic (exact) mass is 507 g/mol. The predicted octanol–water partition coefficient (Wildman–Crippen LogP) is 5.40. The van der Waals surface area contributed by atoms with Crippen LogP contribution in [0.15, 0.2) is 82.6 Å². The fourth-order valence-corrected chi connectivity index (χ4v) is 5.28. The summed E-state index contributed by atoms with van der Waals surface area (Å²) >= 11 is 12.0. The molecule has 0 aliphatic heterocycles. The molecule has 0 bridgehead atoms. The Morgan fingerprint density at radius 1 is 1.00 bits per heavy atom. The minimum atomic E-state index is -3.81. The van der Waals surface area contributed by atoms with Crippen LogP contribution in [0.2, 0.25) is 10.0 Å². The van der Waals surface area contributed by atoms with E-state index in [9.17, 15) is 13.2 Å². The standard InChI is InChI=1S/C24H23Cl2NO5S/c25-18-8-13-23(21(26)15-18)33(30,31)20-11-9-19(10-12-20)32-22(17-5-2-1-3-6-17)7-4-14-27-16-24(28)29/h1-3,5-6,8-13,15,22,27H,4,7,14,16H2,(H,28,29). The summed E-state index contributed by atoms with van der Waals surface area (Å²) in [6, 6.07) is 20.1. The van der Waals surface area contributed by atoms with Gasteiger partial charge in [0.05, 0.1) is 21.4 Å². The molecule has 9 heteroatoms. The lowest BCUT2D eigenvalue weighted by molar-refractivity contribution is -0.135. The van der Waals surface area contributed by atoms with Gasteiger partial charge < -0.3 is 15.2 Å². The molecule has 0 fully saturated rings. The molecular weight excluding hydrogens is 485 g/mol. The zero-order valence-electron chi connectivity index (χ0n) is 17.6. The highest BCUT2D eigenvalue weighted by Crippen LogP contribution is 2.32. The minimum absolute atomic E-state index is 0.0155. The number of carbonyl (C=O) groups is 1. The zero-order chi connectivity index (χ0) is 23.8. The van der Waals surface area contributed by atoms with Crippen molar-refractivity contribution < 1.29 is 23.1 Å². The summed E-state index contributed by atoms with van der Waals surface area (Å²) in [4.78, 5) is 10.7. The summed E-state index contributed by atoms with van der Waals surface area (Å²) in [6.07, 6.45) is 1.08. The molecule has 0 saturated heterocycles. The minimum Gasteiger partial charge on any atom is -0.486 e. The number of hydrogen-bond donors (Lipinski definition) is 2. The fraction of sp³-hybridized carbons (Fsp3) is 0.208. The lowest BCUT2D eigenvalue weighted by Gasteiger charge is -2.20. The maximum absolute atomic E-state index is 13.0. The van der Waals surface area contributed by atoms with Gasteiger partial charge in [-0.15, -0.1) is 0 Å². The number of sulfone groups is 1. The Labute approximate surface area is 203 Å². The van der Waals surface area contributed by atoms with E-state index in [1.54, 1.807) is 12.1 Å². The van der Waals surface area contributed by atoms with E-state index in [-0.39, 0.29) is 27.5 Å². The van der Waals surface area contributed by atoms with E-state index in [0.29, 0.717) is 30.2 Å². The summed E-state index contributed by atoms with van der Waals surface area (Å²) in [5, 5.41) is 12.0. The molecule has 0 heterocycles. The van der Waals surface area contributed by atoms with Gasteiger partial charge in [0.25, 0.3) is 0 Å². The number of carboxylic acid groups (broad SMARTS) is 1. The Balaban J connectivity index is 1.73. The molecule has 0 aliphatic rings. The Bertz CT molecular complexity index is 1190. The molecule has 0 amide bonds. The second-order valence-electron chi connectivity index (χ2n) is 7.28. The number of rotatable bonds is 11. The van der Waals surface area contributed by atoms with Gasteiger partial charge in [0.2, 0.25) is 9.84 Å². The Morgan fingerprint density at radius 3 is 2.33 bits per heavy atom. The number of hydrogen-bond acceptors (Lipinski definition) is 5. The first-order valence-electron chi connectivity index (χ1n) is 10.2. The normalized spacial score (nSPS) is 12.3. The molecule has 0 radical (unpaired) electrons. The molecule has 6 nitrogen and oxygen atoms in total. The summed E-state index contributed by atoms with van der Waals surface area (Å²) in [5.41, 5.74) is 0.973. The smallest absolute Gasteiger partial charge is 0.317 e. The number of halogens is 2. The average molecular weight is 508 g/mol. The molecule has 3 aromatic carbocycles. The molecule has 0 spiro atoms. The third-order valence-corrected chi connectivity index (χ3v) is 7.35. The third kappa shape index (κ3) is 6.95. The van der Waals surface area contributed by atoms with Crippen molar-refractivity contribution in [3.63, 3.8) is 0 Å². The van der Waals surface area contributed by atoms with Gasteiger partial charge in [-0.3, -0.25) is 4.79 Å². The van der Waals surface area contributed by atoms with Crippen LogP contribution in [0.3, 0.4) is 0 Å². The highest BCUT2D eigenvalue weighted by molar-refractivity contribution is 7.91. The third-order valence-electron chi connectivity index (χ3n) is 4.86. The van der Waals surface area contributed by atoms with Crippen molar-refractivity contribution in [3.05, 3.63) is 88.4 Å². The van der Waals surface area contributed by atoms with Crippen molar-refractivity contribution in [3.8, 4) is 5.75 Å². The van der Waals surface area contributed by atoms with Gasteiger partial charge >= 0.3 is 5.97 Å². The van der Waals surface area contributed by atoms with Crippen LogP contribution in [0.1, 0.15) is 24.5 Å². The van der Waals surface area contributed by atoms with Crippen molar-refractivity contribution in [2.24, 2.45) is 0 Å². The first kappa shape index (κ1) is 25.1. The summed E-state index contributed by atoms with van der Waals surface area (Å²) < 4.78 is 32.1. The number of carboxylic acids is 1. The molecular formula is C24H23Cl2NO5S. The molecule has 0 saturated carbocycles. The van der Waals surface area contributed by atoms with Gasteiger partial charge in [-0.05, 0) is 67.4 Å². The number of aliphatic carboxylic acids is 1. The first-order valence-corrected chi connectivity index (χ1v) is 12.5. The number of nitrogens with one attached hydrogen (secondary N) is 1. The van der Waals surface area contributed by atoms with Crippen LogP contribution in [0, 0.1) is 0 Å². The average Bonchev–Trinajstić information content (AvgIpc) is 2.78. The van der Waals surface area contributed by atoms with Crippen molar-refractivity contribution in [1.29, 1.82) is 0 Å². The van der Waals surface area contributed by atoms with E-state index < -0.39 is 15.8 Å². The predicted molar refractivity (Wildman–Crippen MR) is 128 cm³/mol. The Hall–Kier alpha value is -2.58. The molecule has 3 aromatic rings. The molecule has 174 valence electrons. The van der Waals surface area contributed by atoms with E-state index in [1.807, 2.05) is 30.3 Å². The van der Waals surface area contributed by atoms with Crippen LogP contribution in [-0.4, -0.2) is 32.6 Å². The maximum Gasteiger partial charge on any atom is 0.317 e. The Kier molecular flexibility index (Phi) is 8.74. The highest BCUT2D eigenvalue weighted by Gasteiger charge is 2.21. The summed E-state index contributed by atoms with van der Waals surface area (Å²) in [7, 11) is -3.81. The van der Waals surface area contributed by atoms with Gasteiger partial charge in [0.1, 0.15) is 11.9 Å². The zero-order valence-corrected chi connectivity index (χ0v) is 19.9. The SMILES string of the molecule is O=C(O)CNCCCC(Oc1ccc(S(=O)(=O)c2ccc(Cl)cc2Cl)cc1)c1ccccc1. The molecule has 3 rings (SSSR count). The molecule has 1 unspecified atom stereocenters. The summed E-state index contributed by atoms with van der Waals surface area (Å²) in [5.74, 6) is -0.385. The van der Waals surface area contributed by atoms with E-state index in [0.717, 1.165) is 5.56 Å². The second kappa shape index (κ2) is 11.5. The highest BCUT2D eigenvalue weighted by atomic mass is 35.5. The Morgan fingerprint density at radius 2 is 1.70 bits per heavy atom. The molecule has 33 heavy (non-hydrogen) atoms. The van der Waals surface area contributed by atoms with Gasteiger partial charge in [-0.2, -0.15) is 0 Å².